The van der Waals surface area contributed by atoms with Gasteiger partial charge in [0, 0.05) is 19.0 Å². The predicted molar refractivity (Wildman–Crippen MR) is 73.1 cm³/mol. The van der Waals surface area contributed by atoms with Crippen molar-refractivity contribution in [3.63, 3.8) is 0 Å². The molecular weight excluding hydrogens is 289 g/mol. The number of benzene rings is 1. The molecule has 0 bridgehead atoms. The standard InChI is InChI=1S/C13H17ClFNO2S/c1-10-3-2-6-16(9-10)19(17,18)13-7-11(8-14)4-5-12(13)15/h4-5,7,10H,2-3,6,8-9H2,1H3. The molecule has 106 valence electrons. The molecule has 1 aliphatic rings. The number of sulfonamides is 1. The Kier molecular flexibility index (Phi) is 4.48. The van der Waals surface area contributed by atoms with Gasteiger partial charge in [-0.3, -0.25) is 0 Å². The van der Waals surface area contributed by atoms with E-state index in [1.54, 1.807) is 0 Å². The first-order chi connectivity index (χ1) is 8.95. The maximum absolute atomic E-state index is 13.8. The van der Waals surface area contributed by atoms with Crippen LogP contribution in [-0.4, -0.2) is 25.8 Å². The summed E-state index contributed by atoms with van der Waals surface area (Å²) < 4.78 is 40.1. The Morgan fingerprint density at radius 3 is 2.84 bits per heavy atom. The molecule has 0 saturated carbocycles. The van der Waals surface area contributed by atoms with E-state index in [-0.39, 0.29) is 10.8 Å². The molecule has 0 N–H and O–H groups in total. The number of rotatable bonds is 3. The van der Waals surface area contributed by atoms with Crippen LogP contribution in [0.1, 0.15) is 25.3 Å². The van der Waals surface area contributed by atoms with Gasteiger partial charge in [-0.15, -0.1) is 11.6 Å². The van der Waals surface area contributed by atoms with Crippen molar-refractivity contribution in [1.29, 1.82) is 0 Å². The predicted octanol–water partition coefficient (Wildman–Crippen LogP) is 2.99. The van der Waals surface area contributed by atoms with Crippen molar-refractivity contribution in [2.75, 3.05) is 13.1 Å². The number of halogens is 2. The maximum Gasteiger partial charge on any atom is 0.246 e. The average molecular weight is 306 g/mol. The van der Waals surface area contributed by atoms with Crippen molar-refractivity contribution in [2.24, 2.45) is 5.92 Å². The van der Waals surface area contributed by atoms with E-state index in [1.165, 1.54) is 16.4 Å². The van der Waals surface area contributed by atoms with Crippen molar-refractivity contribution in [3.8, 4) is 0 Å². The minimum atomic E-state index is -3.76. The molecule has 1 fully saturated rings. The van der Waals surface area contributed by atoms with Crippen LogP contribution in [0.25, 0.3) is 0 Å². The molecule has 1 atom stereocenters. The fraction of sp³-hybridized carbons (Fsp3) is 0.538. The van der Waals surface area contributed by atoms with Crippen LogP contribution in [0, 0.1) is 11.7 Å². The molecule has 1 saturated heterocycles. The Hall–Kier alpha value is -0.650. The fourth-order valence-corrected chi connectivity index (χ4v) is 4.21. The Morgan fingerprint density at radius 1 is 1.47 bits per heavy atom. The van der Waals surface area contributed by atoms with Crippen LogP contribution >= 0.6 is 11.6 Å². The molecule has 0 spiro atoms. The fourth-order valence-electron chi connectivity index (χ4n) is 2.33. The van der Waals surface area contributed by atoms with Crippen molar-refractivity contribution >= 4 is 21.6 Å². The highest BCUT2D eigenvalue weighted by molar-refractivity contribution is 7.89. The van der Waals surface area contributed by atoms with Crippen molar-refractivity contribution in [2.45, 2.75) is 30.5 Å². The molecule has 0 radical (unpaired) electrons. The quantitative estimate of drug-likeness (QED) is 0.805. The zero-order chi connectivity index (χ0) is 14.0. The van der Waals surface area contributed by atoms with E-state index in [2.05, 4.69) is 0 Å². The second kappa shape index (κ2) is 5.77. The van der Waals surface area contributed by atoms with Crippen LogP contribution in [0.15, 0.2) is 23.1 Å². The van der Waals surface area contributed by atoms with Gasteiger partial charge in [-0.05, 0) is 36.5 Å². The van der Waals surface area contributed by atoms with Crippen LogP contribution in [0.2, 0.25) is 0 Å². The van der Waals surface area contributed by atoms with Gasteiger partial charge in [0.2, 0.25) is 10.0 Å². The van der Waals surface area contributed by atoms with E-state index in [9.17, 15) is 12.8 Å². The lowest BCUT2D eigenvalue weighted by Gasteiger charge is -2.30. The van der Waals surface area contributed by atoms with E-state index in [4.69, 9.17) is 11.6 Å². The molecular formula is C13H17ClFNO2S. The van der Waals surface area contributed by atoms with Crippen LogP contribution in [-0.2, 0) is 15.9 Å². The summed E-state index contributed by atoms with van der Waals surface area (Å²) in [5, 5.41) is 0. The van der Waals surface area contributed by atoms with E-state index in [0.717, 1.165) is 18.9 Å². The van der Waals surface area contributed by atoms with Crippen molar-refractivity contribution in [1.82, 2.24) is 4.31 Å². The van der Waals surface area contributed by atoms with Crippen LogP contribution < -0.4 is 0 Å². The van der Waals surface area contributed by atoms with Gasteiger partial charge in [0.25, 0.3) is 0 Å². The van der Waals surface area contributed by atoms with Gasteiger partial charge >= 0.3 is 0 Å². The normalized spacial score (nSPS) is 21.5. The third kappa shape index (κ3) is 3.09. The molecule has 19 heavy (non-hydrogen) atoms. The van der Waals surface area contributed by atoms with Gasteiger partial charge in [-0.1, -0.05) is 13.0 Å². The van der Waals surface area contributed by atoms with Gasteiger partial charge in [0.1, 0.15) is 10.7 Å². The topological polar surface area (TPSA) is 37.4 Å². The summed E-state index contributed by atoms with van der Waals surface area (Å²) in [5.74, 6) is -0.242. The number of hydrogen-bond donors (Lipinski definition) is 0. The van der Waals surface area contributed by atoms with Gasteiger partial charge in [-0.2, -0.15) is 4.31 Å². The Bertz CT molecular complexity index is 562. The number of hydrogen-bond acceptors (Lipinski definition) is 2. The molecule has 1 unspecified atom stereocenters. The van der Waals surface area contributed by atoms with Gasteiger partial charge in [0.15, 0.2) is 0 Å². The lowest BCUT2D eigenvalue weighted by molar-refractivity contribution is 0.280. The lowest BCUT2D eigenvalue weighted by atomic mass is 10.0. The molecule has 1 aromatic rings. The van der Waals surface area contributed by atoms with Crippen molar-refractivity contribution < 1.29 is 12.8 Å². The SMILES string of the molecule is CC1CCCN(S(=O)(=O)c2cc(CCl)ccc2F)C1. The largest absolute Gasteiger partial charge is 0.246 e. The third-order valence-corrected chi connectivity index (χ3v) is 5.58. The summed E-state index contributed by atoms with van der Waals surface area (Å²) in [5.41, 5.74) is 0.603. The molecule has 0 aliphatic carbocycles. The summed E-state index contributed by atoms with van der Waals surface area (Å²) in [4.78, 5) is -0.264. The van der Waals surface area contributed by atoms with E-state index < -0.39 is 15.8 Å². The third-order valence-electron chi connectivity index (χ3n) is 3.39. The molecule has 1 aliphatic heterocycles. The number of nitrogens with zero attached hydrogens (tertiary/aromatic N) is 1. The summed E-state index contributed by atoms with van der Waals surface area (Å²) in [6.07, 6.45) is 1.83. The monoisotopic (exact) mass is 305 g/mol. The van der Waals surface area contributed by atoms with E-state index >= 15 is 0 Å². The highest BCUT2D eigenvalue weighted by atomic mass is 35.5. The first-order valence-corrected chi connectivity index (χ1v) is 8.27. The van der Waals surface area contributed by atoms with Crippen LogP contribution in [0.3, 0.4) is 0 Å². The van der Waals surface area contributed by atoms with E-state index in [1.807, 2.05) is 6.92 Å². The molecule has 0 aromatic heterocycles. The smallest absolute Gasteiger partial charge is 0.207 e. The molecule has 0 amide bonds. The van der Waals surface area contributed by atoms with Crippen LogP contribution in [0.4, 0.5) is 4.39 Å². The molecule has 6 heteroatoms. The van der Waals surface area contributed by atoms with Crippen LogP contribution in [0.5, 0.6) is 0 Å². The minimum absolute atomic E-state index is 0.166. The first kappa shape index (κ1) is 14.8. The van der Waals surface area contributed by atoms with Gasteiger partial charge in [-0.25, -0.2) is 12.8 Å². The number of alkyl halides is 1. The summed E-state index contributed by atoms with van der Waals surface area (Å²) in [7, 11) is -3.76. The van der Waals surface area contributed by atoms with E-state index in [0.29, 0.717) is 24.6 Å². The second-order valence-corrected chi connectivity index (χ2v) is 7.18. The Balaban J connectivity index is 2.38. The molecule has 2 rings (SSSR count). The lowest BCUT2D eigenvalue weighted by Crippen LogP contribution is -2.39. The Labute approximate surface area is 118 Å². The minimum Gasteiger partial charge on any atom is -0.207 e. The van der Waals surface area contributed by atoms with Crippen molar-refractivity contribution in [3.05, 3.63) is 29.6 Å². The zero-order valence-electron chi connectivity index (χ0n) is 10.8. The summed E-state index contributed by atoms with van der Waals surface area (Å²) in [6, 6.07) is 4.00. The Morgan fingerprint density at radius 2 is 2.21 bits per heavy atom. The maximum atomic E-state index is 13.8. The highest BCUT2D eigenvalue weighted by Crippen LogP contribution is 2.26. The molecule has 3 nitrogen and oxygen atoms in total. The average Bonchev–Trinajstić information content (AvgIpc) is 2.39. The second-order valence-electron chi connectivity index (χ2n) is 5.01. The summed E-state index contributed by atoms with van der Waals surface area (Å²) >= 11 is 5.68. The van der Waals surface area contributed by atoms with Gasteiger partial charge in [0.05, 0.1) is 0 Å². The number of piperidine rings is 1. The van der Waals surface area contributed by atoms with Gasteiger partial charge < -0.3 is 0 Å². The first-order valence-electron chi connectivity index (χ1n) is 6.29. The molecule has 1 heterocycles. The summed E-state index contributed by atoms with van der Waals surface area (Å²) in [6.45, 7) is 2.91. The molecule has 1 aromatic carbocycles. The zero-order valence-corrected chi connectivity index (χ0v) is 12.3. The highest BCUT2D eigenvalue weighted by Gasteiger charge is 2.30.